The molecule has 1 aromatic heterocycles. The molecule has 0 saturated carbocycles. The second-order valence-electron chi connectivity index (χ2n) is 6.95. The molecule has 0 spiro atoms. The van der Waals surface area contributed by atoms with Crippen LogP contribution < -0.4 is 5.32 Å². The Morgan fingerprint density at radius 3 is 2.52 bits per heavy atom. The molecular formula is C20H22FN7O. The lowest BCUT2D eigenvalue weighted by atomic mass is 10.3. The van der Waals surface area contributed by atoms with Crippen molar-refractivity contribution in [2.45, 2.75) is 6.54 Å². The minimum atomic E-state index is -0.366. The molecule has 0 bridgehead atoms. The van der Waals surface area contributed by atoms with Gasteiger partial charge >= 0.3 is 0 Å². The van der Waals surface area contributed by atoms with Crippen molar-refractivity contribution in [3.05, 3.63) is 66.2 Å². The van der Waals surface area contributed by atoms with Crippen molar-refractivity contribution in [3.8, 4) is 5.69 Å². The topological polar surface area (TPSA) is 79.2 Å². The third-order valence-electron chi connectivity index (χ3n) is 4.84. The van der Waals surface area contributed by atoms with Crippen LogP contribution in [-0.4, -0.2) is 68.6 Å². The molecular weight excluding hydrogens is 373 g/mol. The maximum absolute atomic E-state index is 13.2. The zero-order valence-electron chi connectivity index (χ0n) is 15.9. The smallest absolute Gasteiger partial charge is 0.238 e. The summed E-state index contributed by atoms with van der Waals surface area (Å²) in [7, 11) is 0. The lowest BCUT2D eigenvalue weighted by molar-refractivity contribution is -0.117. The van der Waals surface area contributed by atoms with Crippen molar-refractivity contribution in [1.82, 2.24) is 30.0 Å². The minimum absolute atomic E-state index is 0.142. The summed E-state index contributed by atoms with van der Waals surface area (Å²) in [5.74, 6) is 0.278. The van der Waals surface area contributed by atoms with Gasteiger partial charge < -0.3 is 5.32 Å². The highest BCUT2D eigenvalue weighted by atomic mass is 19.1. The van der Waals surface area contributed by atoms with Gasteiger partial charge in [0.25, 0.3) is 0 Å². The van der Waals surface area contributed by atoms with E-state index in [4.69, 9.17) is 0 Å². The van der Waals surface area contributed by atoms with Crippen LogP contribution in [0.2, 0.25) is 0 Å². The maximum atomic E-state index is 13.2. The highest BCUT2D eigenvalue weighted by molar-refractivity contribution is 5.92. The molecule has 0 radical (unpaired) electrons. The van der Waals surface area contributed by atoms with E-state index in [9.17, 15) is 9.18 Å². The van der Waals surface area contributed by atoms with Crippen LogP contribution in [0, 0.1) is 5.82 Å². The third-order valence-corrected chi connectivity index (χ3v) is 4.84. The van der Waals surface area contributed by atoms with Gasteiger partial charge in [-0.2, -0.15) is 4.68 Å². The van der Waals surface area contributed by atoms with E-state index in [0.717, 1.165) is 37.7 Å². The average molecular weight is 395 g/mol. The Morgan fingerprint density at radius 2 is 1.76 bits per heavy atom. The molecule has 3 aromatic rings. The van der Waals surface area contributed by atoms with Crippen LogP contribution in [0.5, 0.6) is 0 Å². The van der Waals surface area contributed by atoms with Crippen molar-refractivity contribution < 1.29 is 9.18 Å². The van der Waals surface area contributed by atoms with Gasteiger partial charge in [-0.05, 0) is 40.8 Å². The van der Waals surface area contributed by atoms with Crippen molar-refractivity contribution in [2.24, 2.45) is 0 Å². The van der Waals surface area contributed by atoms with Crippen LogP contribution >= 0.6 is 0 Å². The predicted molar refractivity (Wildman–Crippen MR) is 106 cm³/mol. The molecule has 0 unspecified atom stereocenters. The molecule has 4 rings (SSSR count). The summed E-state index contributed by atoms with van der Waals surface area (Å²) >= 11 is 0. The van der Waals surface area contributed by atoms with Crippen LogP contribution in [0.3, 0.4) is 0 Å². The first kappa shape index (κ1) is 19.2. The normalized spacial score (nSPS) is 15.3. The van der Waals surface area contributed by atoms with Crippen molar-refractivity contribution in [1.29, 1.82) is 0 Å². The van der Waals surface area contributed by atoms with Gasteiger partial charge in [0.1, 0.15) is 5.82 Å². The van der Waals surface area contributed by atoms with Gasteiger partial charge in [0.05, 0.1) is 18.8 Å². The summed E-state index contributed by atoms with van der Waals surface area (Å²) in [6.07, 6.45) is 0. The Balaban J connectivity index is 1.27. The standard InChI is InChI=1S/C20H22FN7O/c21-16-5-4-6-17(13-16)22-20(29)15-27-11-9-26(10-12-27)14-19-23-24-25-28(19)18-7-2-1-3-8-18/h1-8,13H,9-12,14-15H2,(H,22,29). The molecule has 1 amide bonds. The van der Waals surface area contributed by atoms with Gasteiger partial charge in [-0.1, -0.05) is 24.3 Å². The summed E-state index contributed by atoms with van der Waals surface area (Å²) in [5.41, 5.74) is 1.40. The zero-order valence-corrected chi connectivity index (χ0v) is 15.9. The molecule has 9 heteroatoms. The van der Waals surface area contributed by atoms with E-state index in [1.54, 1.807) is 16.8 Å². The molecule has 150 valence electrons. The molecule has 0 aliphatic carbocycles. The molecule has 1 aliphatic heterocycles. The number of anilines is 1. The van der Waals surface area contributed by atoms with Gasteiger partial charge in [0, 0.05) is 31.9 Å². The molecule has 29 heavy (non-hydrogen) atoms. The number of amides is 1. The fourth-order valence-electron chi connectivity index (χ4n) is 3.35. The summed E-state index contributed by atoms with van der Waals surface area (Å²) in [5, 5.41) is 14.8. The van der Waals surface area contributed by atoms with E-state index in [1.165, 1.54) is 12.1 Å². The molecule has 2 aromatic carbocycles. The number of halogens is 1. The second kappa shape index (κ2) is 8.89. The molecule has 1 saturated heterocycles. The van der Waals surface area contributed by atoms with E-state index < -0.39 is 0 Å². The van der Waals surface area contributed by atoms with Crippen LogP contribution in [-0.2, 0) is 11.3 Å². The number of tetrazole rings is 1. The van der Waals surface area contributed by atoms with Crippen LogP contribution in [0.25, 0.3) is 5.69 Å². The summed E-state index contributed by atoms with van der Waals surface area (Å²) in [6.45, 7) is 4.09. The van der Waals surface area contributed by atoms with Crippen LogP contribution in [0.4, 0.5) is 10.1 Å². The van der Waals surface area contributed by atoms with Gasteiger partial charge in [-0.25, -0.2) is 4.39 Å². The summed E-state index contributed by atoms with van der Waals surface area (Å²) in [6, 6.07) is 15.7. The fraction of sp³-hybridized carbons (Fsp3) is 0.300. The molecule has 1 fully saturated rings. The van der Waals surface area contributed by atoms with Gasteiger partial charge in [-0.3, -0.25) is 14.6 Å². The van der Waals surface area contributed by atoms with E-state index in [2.05, 4.69) is 30.6 Å². The molecule has 1 aliphatic rings. The quantitative estimate of drug-likeness (QED) is 0.682. The summed E-state index contributed by atoms with van der Waals surface area (Å²) < 4.78 is 15.0. The number of benzene rings is 2. The van der Waals surface area contributed by atoms with Crippen LogP contribution in [0.15, 0.2) is 54.6 Å². The number of para-hydroxylation sites is 1. The molecule has 1 N–H and O–H groups in total. The maximum Gasteiger partial charge on any atom is 0.238 e. The largest absolute Gasteiger partial charge is 0.325 e. The number of hydrogen-bond donors (Lipinski definition) is 1. The Morgan fingerprint density at radius 1 is 1.00 bits per heavy atom. The Bertz CT molecular complexity index is 954. The number of rotatable bonds is 6. The van der Waals surface area contributed by atoms with Crippen molar-refractivity contribution in [2.75, 3.05) is 38.0 Å². The van der Waals surface area contributed by atoms with Gasteiger partial charge in [0.15, 0.2) is 5.82 Å². The number of nitrogens with zero attached hydrogens (tertiary/aromatic N) is 6. The lowest BCUT2D eigenvalue weighted by Gasteiger charge is -2.33. The highest BCUT2D eigenvalue weighted by Crippen LogP contribution is 2.12. The van der Waals surface area contributed by atoms with Crippen molar-refractivity contribution in [3.63, 3.8) is 0 Å². The summed E-state index contributed by atoms with van der Waals surface area (Å²) in [4.78, 5) is 16.6. The number of aromatic nitrogens is 4. The first-order chi connectivity index (χ1) is 14.2. The number of carbonyl (C=O) groups excluding carboxylic acids is 1. The minimum Gasteiger partial charge on any atom is -0.325 e. The SMILES string of the molecule is O=C(CN1CCN(Cc2nnnn2-c2ccccc2)CC1)Nc1cccc(F)c1. The second-order valence-corrected chi connectivity index (χ2v) is 6.95. The first-order valence-corrected chi connectivity index (χ1v) is 9.50. The van der Waals surface area contributed by atoms with Gasteiger partial charge in [-0.15, -0.1) is 5.10 Å². The molecule has 2 heterocycles. The zero-order chi connectivity index (χ0) is 20.1. The Hall–Kier alpha value is -3.17. The average Bonchev–Trinajstić information content (AvgIpc) is 3.18. The van der Waals surface area contributed by atoms with Crippen LogP contribution in [0.1, 0.15) is 5.82 Å². The van der Waals surface area contributed by atoms with Gasteiger partial charge in [0.2, 0.25) is 5.91 Å². The third kappa shape index (κ3) is 5.01. The number of carbonyl (C=O) groups is 1. The molecule has 0 atom stereocenters. The number of hydrogen-bond acceptors (Lipinski definition) is 6. The van der Waals surface area contributed by atoms with E-state index in [-0.39, 0.29) is 18.3 Å². The van der Waals surface area contributed by atoms with Crippen molar-refractivity contribution >= 4 is 11.6 Å². The van der Waals surface area contributed by atoms with E-state index in [0.29, 0.717) is 12.2 Å². The predicted octanol–water partition coefficient (Wildman–Crippen LogP) is 1.56. The highest BCUT2D eigenvalue weighted by Gasteiger charge is 2.21. The van der Waals surface area contributed by atoms with E-state index in [1.807, 2.05) is 30.3 Å². The number of nitrogens with one attached hydrogen (secondary N) is 1. The first-order valence-electron chi connectivity index (χ1n) is 9.50. The van der Waals surface area contributed by atoms with E-state index >= 15 is 0 Å². The Labute approximate surface area is 167 Å². The fourth-order valence-corrected chi connectivity index (χ4v) is 3.35. The lowest BCUT2D eigenvalue weighted by Crippen LogP contribution is -2.48. The Kier molecular flexibility index (Phi) is 5.87. The number of piperazine rings is 1. The monoisotopic (exact) mass is 395 g/mol. The molecule has 8 nitrogen and oxygen atoms in total.